The van der Waals surface area contributed by atoms with E-state index in [4.69, 9.17) is 0 Å². The van der Waals surface area contributed by atoms with Gasteiger partial charge in [-0.3, -0.25) is 4.79 Å². The molecule has 18 heavy (non-hydrogen) atoms. The van der Waals surface area contributed by atoms with E-state index in [1.807, 2.05) is 13.8 Å². The highest BCUT2D eigenvalue weighted by molar-refractivity contribution is 5.78. The van der Waals surface area contributed by atoms with Gasteiger partial charge < -0.3 is 15.7 Å². The summed E-state index contributed by atoms with van der Waals surface area (Å²) in [6.45, 7) is 7.19. The van der Waals surface area contributed by atoms with Gasteiger partial charge in [0.25, 0.3) is 0 Å². The predicted octanol–water partition coefficient (Wildman–Crippen LogP) is 1.43. The lowest BCUT2D eigenvalue weighted by molar-refractivity contribution is -0.121. The molecule has 1 saturated carbocycles. The maximum atomic E-state index is 11.7. The summed E-state index contributed by atoms with van der Waals surface area (Å²) < 4.78 is 0. The molecule has 4 heteroatoms. The van der Waals surface area contributed by atoms with Crippen LogP contribution in [0.15, 0.2) is 0 Å². The van der Waals surface area contributed by atoms with Crippen molar-refractivity contribution < 1.29 is 9.90 Å². The van der Waals surface area contributed by atoms with E-state index in [1.165, 1.54) is 6.42 Å². The number of aliphatic hydroxyl groups is 1. The van der Waals surface area contributed by atoms with Gasteiger partial charge in [0, 0.05) is 12.1 Å². The van der Waals surface area contributed by atoms with E-state index in [1.54, 1.807) is 0 Å². The summed E-state index contributed by atoms with van der Waals surface area (Å²) in [6, 6.07) is 0. The van der Waals surface area contributed by atoms with Crippen molar-refractivity contribution in [2.45, 2.75) is 64.5 Å². The molecule has 1 amide bonds. The zero-order valence-corrected chi connectivity index (χ0v) is 12.0. The molecule has 0 aromatic rings. The Morgan fingerprint density at radius 3 is 2.61 bits per heavy atom. The van der Waals surface area contributed by atoms with E-state index >= 15 is 0 Å². The Kier molecular flexibility index (Phi) is 6.09. The van der Waals surface area contributed by atoms with E-state index < -0.39 is 0 Å². The van der Waals surface area contributed by atoms with Crippen molar-refractivity contribution in [1.29, 1.82) is 0 Å². The third-order valence-electron chi connectivity index (χ3n) is 3.92. The molecule has 0 aromatic heterocycles. The lowest BCUT2D eigenvalue weighted by Crippen LogP contribution is -2.47. The molecule has 106 valence electrons. The van der Waals surface area contributed by atoms with E-state index in [0.717, 1.165) is 32.2 Å². The zero-order chi connectivity index (χ0) is 13.6. The minimum absolute atomic E-state index is 0.0344. The Bertz CT molecular complexity index is 267. The molecule has 0 bridgehead atoms. The number of carbonyl (C=O) groups is 1. The molecular formula is C14H28N2O2. The van der Waals surface area contributed by atoms with Crippen LogP contribution >= 0.6 is 0 Å². The average molecular weight is 256 g/mol. The molecule has 3 N–H and O–H groups in total. The average Bonchev–Trinajstić information content (AvgIpc) is 2.31. The quantitative estimate of drug-likeness (QED) is 0.674. The molecule has 0 heterocycles. The van der Waals surface area contributed by atoms with Gasteiger partial charge in [-0.2, -0.15) is 0 Å². The van der Waals surface area contributed by atoms with Gasteiger partial charge in [-0.25, -0.2) is 0 Å². The molecule has 0 aromatic carbocycles. The van der Waals surface area contributed by atoms with Crippen LogP contribution in [0.5, 0.6) is 0 Å². The smallest absolute Gasteiger partial charge is 0.234 e. The van der Waals surface area contributed by atoms with Crippen LogP contribution in [0, 0.1) is 5.92 Å². The summed E-state index contributed by atoms with van der Waals surface area (Å²) >= 11 is 0. The number of hydrogen-bond acceptors (Lipinski definition) is 3. The normalized spacial score (nSPS) is 24.9. The molecule has 0 aliphatic heterocycles. The number of amides is 1. The van der Waals surface area contributed by atoms with E-state index in [0.29, 0.717) is 12.5 Å². The van der Waals surface area contributed by atoms with Crippen molar-refractivity contribution in [3.63, 3.8) is 0 Å². The fourth-order valence-corrected chi connectivity index (χ4v) is 2.31. The fraction of sp³-hybridized carbons (Fsp3) is 0.929. The minimum atomic E-state index is -0.193. The minimum Gasteiger partial charge on any atom is -0.393 e. The van der Waals surface area contributed by atoms with Gasteiger partial charge in [-0.1, -0.05) is 19.8 Å². The maximum Gasteiger partial charge on any atom is 0.234 e. The second kappa shape index (κ2) is 7.10. The van der Waals surface area contributed by atoms with Gasteiger partial charge in [0.15, 0.2) is 0 Å². The molecule has 1 fully saturated rings. The molecule has 1 rings (SSSR count). The van der Waals surface area contributed by atoms with Gasteiger partial charge in [0.05, 0.1) is 12.6 Å². The monoisotopic (exact) mass is 256 g/mol. The van der Waals surface area contributed by atoms with Crippen LogP contribution in [-0.2, 0) is 4.79 Å². The fourth-order valence-electron chi connectivity index (χ4n) is 2.31. The van der Waals surface area contributed by atoms with Crippen molar-refractivity contribution in [3.8, 4) is 0 Å². The first-order chi connectivity index (χ1) is 8.44. The summed E-state index contributed by atoms with van der Waals surface area (Å²) in [5.41, 5.74) is -0.136. The Morgan fingerprint density at radius 2 is 2.00 bits per heavy atom. The lowest BCUT2D eigenvalue weighted by atomic mass is 9.86. The second-order valence-electron chi connectivity index (χ2n) is 6.03. The first kappa shape index (κ1) is 15.4. The Balaban J connectivity index is 2.19. The Morgan fingerprint density at radius 1 is 1.33 bits per heavy atom. The molecule has 0 radical (unpaired) electrons. The van der Waals surface area contributed by atoms with Crippen LogP contribution in [0.3, 0.4) is 0 Å². The summed E-state index contributed by atoms with van der Waals surface area (Å²) in [6.07, 6.45) is 5.01. The predicted molar refractivity (Wildman–Crippen MR) is 73.3 cm³/mol. The molecule has 2 unspecified atom stereocenters. The highest BCUT2D eigenvalue weighted by atomic mass is 16.3. The summed E-state index contributed by atoms with van der Waals surface area (Å²) in [7, 11) is 0. The first-order valence-corrected chi connectivity index (χ1v) is 7.14. The summed E-state index contributed by atoms with van der Waals surface area (Å²) in [5.74, 6) is 0.345. The molecule has 1 aliphatic rings. The maximum absolute atomic E-state index is 11.7. The van der Waals surface area contributed by atoms with Crippen LogP contribution in [0.2, 0.25) is 0 Å². The summed E-state index contributed by atoms with van der Waals surface area (Å²) in [4.78, 5) is 11.7. The van der Waals surface area contributed by atoms with Crippen molar-refractivity contribution in [2.24, 2.45) is 5.92 Å². The number of nitrogens with one attached hydrogen (secondary N) is 2. The number of carbonyl (C=O) groups excluding carboxylic acids is 1. The van der Waals surface area contributed by atoms with E-state index in [2.05, 4.69) is 17.6 Å². The first-order valence-electron chi connectivity index (χ1n) is 7.14. The Hall–Kier alpha value is -0.610. The van der Waals surface area contributed by atoms with Crippen molar-refractivity contribution in [2.75, 3.05) is 13.1 Å². The molecule has 4 nitrogen and oxygen atoms in total. The highest BCUT2D eigenvalue weighted by Gasteiger charge is 2.23. The zero-order valence-electron chi connectivity index (χ0n) is 12.0. The number of rotatable bonds is 6. The molecule has 2 atom stereocenters. The number of aliphatic hydroxyl groups excluding tert-OH is 1. The van der Waals surface area contributed by atoms with Crippen LogP contribution in [0.4, 0.5) is 0 Å². The van der Waals surface area contributed by atoms with Crippen LogP contribution in [0.25, 0.3) is 0 Å². The lowest BCUT2D eigenvalue weighted by Gasteiger charge is -2.28. The molecule has 1 aliphatic carbocycles. The highest BCUT2D eigenvalue weighted by Crippen LogP contribution is 2.23. The van der Waals surface area contributed by atoms with Gasteiger partial charge >= 0.3 is 0 Å². The SMILES string of the molecule is CCC(C)(C)NC(=O)CNCC1CCCCC1O. The van der Waals surface area contributed by atoms with E-state index in [-0.39, 0.29) is 17.6 Å². The van der Waals surface area contributed by atoms with Gasteiger partial charge in [0.1, 0.15) is 0 Å². The van der Waals surface area contributed by atoms with Crippen molar-refractivity contribution in [3.05, 3.63) is 0 Å². The standard InChI is InChI=1S/C14H28N2O2/c1-4-14(2,3)16-13(18)10-15-9-11-7-5-6-8-12(11)17/h11-12,15,17H,4-10H2,1-3H3,(H,16,18). The Labute approximate surface area is 111 Å². The van der Waals surface area contributed by atoms with Gasteiger partial charge in [0.2, 0.25) is 5.91 Å². The molecule has 0 saturated heterocycles. The van der Waals surface area contributed by atoms with Crippen molar-refractivity contribution in [1.82, 2.24) is 10.6 Å². The van der Waals surface area contributed by atoms with Gasteiger partial charge in [-0.15, -0.1) is 0 Å². The van der Waals surface area contributed by atoms with Crippen LogP contribution in [0.1, 0.15) is 52.9 Å². The summed E-state index contributed by atoms with van der Waals surface area (Å²) in [5, 5.41) is 16.0. The van der Waals surface area contributed by atoms with Crippen LogP contribution < -0.4 is 10.6 Å². The molecular weight excluding hydrogens is 228 g/mol. The van der Waals surface area contributed by atoms with E-state index in [9.17, 15) is 9.90 Å². The van der Waals surface area contributed by atoms with Gasteiger partial charge in [-0.05, 0) is 39.0 Å². The van der Waals surface area contributed by atoms with Crippen LogP contribution in [-0.4, -0.2) is 35.7 Å². The number of hydrogen-bond donors (Lipinski definition) is 3. The van der Waals surface area contributed by atoms with Crippen molar-refractivity contribution >= 4 is 5.91 Å². The second-order valence-corrected chi connectivity index (χ2v) is 6.03. The topological polar surface area (TPSA) is 61.4 Å². The largest absolute Gasteiger partial charge is 0.393 e. The third-order valence-corrected chi connectivity index (χ3v) is 3.92. The third kappa shape index (κ3) is 5.36. The molecule has 0 spiro atoms.